The Bertz CT molecular complexity index is 617. The molecule has 0 saturated heterocycles. The molecule has 1 heterocycles. The molecule has 0 fully saturated rings. The number of imidazole rings is 1. The summed E-state index contributed by atoms with van der Waals surface area (Å²) in [6.07, 6.45) is 1.70. The van der Waals surface area contributed by atoms with Crippen LogP contribution in [0.25, 0.3) is 5.69 Å². The van der Waals surface area contributed by atoms with Gasteiger partial charge in [-0.3, -0.25) is 0 Å². The van der Waals surface area contributed by atoms with Gasteiger partial charge < -0.3 is 15.0 Å². The number of benzene rings is 1. The Labute approximate surface area is 112 Å². The van der Waals surface area contributed by atoms with E-state index in [1.54, 1.807) is 25.4 Å². The zero-order valence-electron chi connectivity index (χ0n) is 11.3. The van der Waals surface area contributed by atoms with Gasteiger partial charge in [-0.2, -0.15) is 0 Å². The number of hydrogen-bond donors (Lipinski definition) is 1. The fourth-order valence-corrected chi connectivity index (χ4v) is 1.89. The highest BCUT2D eigenvalue weighted by Crippen LogP contribution is 2.24. The number of anilines is 1. The zero-order chi connectivity index (χ0) is 14.0. The number of nitrogens with zero attached hydrogens (tertiary/aromatic N) is 2. The van der Waals surface area contributed by atoms with Crippen LogP contribution in [0.2, 0.25) is 0 Å². The molecule has 0 aliphatic rings. The summed E-state index contributed by atoms with van der Waals surface area (Å²) in [5.74, 6) is -0.406. The summed E-state index contributed by atoms with van der Waals surface area (Å²) >= 11 is 0. The van der Waals surface area contributed by atoms with Crippen LogP contribution in [0.5, 0.6) is 0 Å². The van der Waals surface area contributed by atoms with Gasteiger partial charge >= 0.3 is 5.97 Å². The molecule has 0 aliphatic heterocycles. The van der Waals surface area contributed by atoms with Gasteiger partial charge in [0.1, 0.15) is 0 Å². The standard InChI is InChI=1S/C14H17N3O2/c1-4-19-14(18)11-6-5-7-12(13(11)15)17-8-16-9(2)10(17)3/h5-8H,4,15H2,1-3H3. The average Bonchev–Trinajstić information content (AvgIpc) is 2.71. The molecular formula is C14H17N3O2. The van der Waals surface area contributed by atoms with E-state index in [1.807, 2.05) is 24.5 Å². The third-order valence-corrected chi connectivity index (χ3v) is 3.09. The van der Waals surface area contributed by atoms with Crippen LogP contribution in [-0.2, 0) is 4.74 Å². The first kappa shape index (κ1) is 13.1. The van der Waals surface area contributed by atoms with E-state index in [2.05, 4.69) is 4.98 Å². The Kier molecular flexibility index (Phi) is 3.55. The van der Waals surface area contributed by atoms with Crippen molar-refractivity contribution in [3.05, 3.63) is 41.5 Å². The summed E-state index contributed by atoms with van der Waals surface area (Å²) in [6, 6.07) is 5.30. The monoisotopic (exact) mass is 259 g/mol. The van der Waals surface area contributed by atoms with Crippen molar-refractivity contribution < 1.29 is 9.53 Å². The first-order chi connectivity index (χ1) is 9.06. The number of rotatable bonds is 3. The summed E-state index contributed by atoms with van der Waals surface area (Å²) in [5.41, 5.74) is 9.52. The number of aromatic nitrogens is 2. The number of nitrogen functional groups attached to an aromatic ring is 1. The minimum atomic E-state index is -0.406. The molecule has 100 valence electrons. The van der Waals surface area contributed by atoms with Gasteiger partial charge in [-0.25, -0.2) is 9.78 Å². The lowest BCUT2D eigenvalue weighted by Gasteiger charge is -2.12. The lowest BCUT2D eigenvalue weighted by Crippen LogP contribution is -2.10. The van der Waals surface area contributed by atoms with Crippen LogP contribution in [-0.4, -0.2) is 22.1 Å². The van der Waals surface area contributed by atoms with Crippen LogP contribution in [0, 0.1) is 13.8 Å². The third kappa shape index (κ3) is 2.31. The number of carbonyl (C=O) groups excluding carboxylic acids is 1. The number of nitrogens with two attached hydrogens (primary N) is 1. The van der Waals surface area contributed by atoms with Crippen molar-refractivity contribution in [2.24, 2.45) is 0 Å². The maximum absolute atomic E-state index is 11.8. The van der Waals surface area contributed by atoms with Crippen molar-refractivity contribution in [2.75, 3.05) is 12.3 Å². The largest absolute Gasteiger partial charge is 0.462 e. The summed E-state index contributed by atoms with van der Waals surface area (Å²) in [5, 5.41) is 0. The van der Waals surface area contributed by atoms with Crippen molar-refractivity contribution in [2.45, 2.75) is 20.8 Å². The molecule has 5 heteroatoms. The topological polar surface area (TPSA) is 70.1 Å². The van der Waals surface area contributed by atoms with Crippen molar-refractivity contribution in [3.8, 4) is 5.69 Å². The van der Waals surface area contributed by atoms with Gasteiger partial charge in [-0.15, -0.1) is 0 Å². The molecule has 0 aliphatic carbocycles. The molecule has 2 aromatic rings. The summed E-state index contributed by atoms with van der Waals surface area (Å²) in [4.78, 5) is 16.0. The van der Waals surface area contributed by atoms with Gasteiger partial charge in [0.05, 0.1) is 35.6 Å². The minimum Gasteiger partial charge on any atom is -0.462 e. The first-order valence-electron chi connectivity index (χ1n) is 6.12. The van der Waals surface area contributed by atoms with Crippen molar-refractivity contribution >= 4 is 11.7 Å². The van der Waals surface area contributed by atoms with Crippen LogP contribution in [0.4, 0.5) is 5.69 Å². The van der Waals surface area contributed by atoms with Crippen molar-refractivity contribution in [3.63, 3.8) is 0 Å². The van der Waals surface area contributed by atoms with Gasteiger partial charge in [0, 0.05) is 5.69 Å². The number of ether oxygens (including phenoxy) is 1. The van der Waals surface area contributed by atoms with Crippen LogP contribution in [0.3, 0.4) is 0 Å². The van der Waals surface area contributed by atoms with Gasteiger partial charge in [-0.05, 0) is 32.9 Å². The van der Waals surface area contributed by atoms with Crippen LogP contribution in [0.1, 0.15) is 28.7 Å². The Morgan fingerprint density at radius 1 is 1.42 bits per heavy atom. The number of hydrogen-bond acceptors (Lipinski definition) is 4. The second-order valence-corrected chi connectivity index (χ2v) is 4.24. The fraction of sp³-hybridized carbons (Fsp3) is 0.286. The van der Waals surface area contributed by atoms with E-state index in [9.17, 15) is 4.79 Å². The molecular weight excluding hydrogens is 242 g/mol. The first-order valence-corrected chi connectivity index (χ1v) is 6.12. The van der Waals surface area contributed by atoms with Gasteiger partial charge in [0.25, 0.3) is 0 Å². The Hall–Kier alpha value is -2.30. The molecule has 1 aromatic heterocycles. The molecule has 0 spiro atoms. The Morgan fingerprint density at radius 2 is 2.16 bits per heavy atom. The number of esters is 1. The summed E-state index contributed by atoms with van der Waals surface area (Å²) < 4.78 is 6.86. The maximum Gasteiger partial charge on any atom is 0.340 e. The lowest BCUT2D eigenvalue weighted by molar-refractivity contribution is 0.0527. The van der Waals surface area contributed by atoms with Gasteiger partial charge in [-0.1, -0.05) is 6.07 Å². The lowest BCUT2D eigenvalue weighted by atomic mass is 10.1. The average molecular weight is 259 g/mol. The van der Waals surface area contributed by atoms with E-state index in [-0.39, 0.29) is 0 Å². The molecule has 1 aromatic carbocycles. The van der Waals surface area contributed by atoms with Crippen LogP contribution in [0.15, 0.2) is 24.5 Å². The van der Waals surface area contributed by atoms with Crippen LogP contribution >= 0.6 is 0 Å². The highest BCUT2D eigenvalue weighted by molar-refractivity contribution is 5.97. The quantitative estimate of drug-likeness (QED) is 0.678. The molecule has 2 rings (SSSR count). The maximum atomic E-state index is 11.8. The number of aryl methyl sites for hydroxylation is 1. The molecule has 0 atom stereocenters. The van der Waals surface area contributed by atoms with E-state index in [4.69, 9.17) is 10.5 Å². The minimum absolute atomic E-state index is 0.325. The molecule has 0 radical (unpaired) electrons. The Balaban J connectivity index is 2.51. The predicted molar refractivity (Wildman–Crippen MR) is 73.4 cm³/mol. The molecule has 2 N–H and O–H groups in total. The molecule has 0 unspecified atom stereocenters. The molecule has 19 heavy (non-hydrogen) atoms. The highest BCUT2D eigenvalue weighted by atomic mass is 16.5. The van der Waals surface area contributed by atoms with E-state index >= 15 is 0 Å². The second kappa shape index (κ2) is 5.14. The van der Waals surface area contributed by atoms with Crippen LogP contribution < -0.4 is 5.73 Å². The zero-order valence-corrected chi connectivity index (χ0v) is 11.3. The van der Waals surface area contributed by atoms with Gasteiger partial charge in [0.15, 0.2) is 0 Å². The summed E-state index contributed by atoms with van der Waals surface area (Å²) in [6.45, 7) is 5.98. The predicted octanol–water partition coefficient (Wildman–Crippen LogP) is 2.25. The smallest absolute Gasteiger partial charge is 0.340 e. The SMILES string of the molecule is CCOC(=O)c1cccc(-n2cnc(C)c2C)c1N. The third-order valence-electron chi connectivity index (χ3n) is 3.09. The normalized spacial score (nSPS) is 10.5. The van der Waals surface area contributed by atoms with E-state index in [1.165, 1.54) is 0 Å². The molecule has 0 amide bonds. The van der Waals surface area contributed by atoms with E-state index in [0.29, 0.717) is 17.9 Å². The van der Waals surface area contributed by atoms with Gasteiger partial charge in [0.2, 0.25) is 0 Å². The van der Waals surface area contributed by atoms with Crippen molar-refractivity contribution in [1.29, 1.82) is 0 Å². The molecule has 0 bridgehead atoms. The van der Waals surface area contributed by atoms with E-state index < -0.39 is 5.97 Å². The molecule has 0 saturated carbocycles. The molecule has 5 nitrogen and oxygen atoms in total. The summed E-state index contributed by atoms with van der Waals surface area (Å²) in [7, 11) is 0. The fourth-order valence-electron chi connectivity index (χ4n) is 1.89. The highest BCUT2D eigenvalue weighted by Gasteiger charge is 2.15. The van der Waals surface area contributed by atoms with E-state index in [0.717, 1.165) is 17.1 Å². The Morgan fingerprint density at radius 3 is 2.74 bits per heavy atom. The second-order valence-electron chi connectivity index (χ2n) is 4.24. The number of carbonyl (C=O) groups is 1. The number of para-hydroxylation sites is 1. The van der Waals surface area contributed by atoms with Crippen molar-refractivity contribution in [1.82, 2.24) is 9.55 Å².